The summed E-state index contributed by atoms with van der Waals surface area (Å²) in [4.78, 5) is 2.27. The van der Waals surface area contributed by atoms with Crippen LogP contribution in [-0.4, -0.2) is 60.0 Å². The van der Waals surface area contributed by atoms with Crippen molar-refractivity contribution < 1.29 is 5.11 Å². The van der Waals surface area contributed by atoms with Gasteiger partial charge >= 0.3 is 0 Å². The average Bonchev–Trinajstić information content (AvgIpc) is 3.10. The molecule has 1 aliphatic heterocycles. The minimum atomic E-state index is -0.701. The summed E-state index contributed by atoms with van der Waals surface area (Å²) in [5, 5.41) is 22.6. The number of nitrogens with zero attached hydrogens (tertiary/aromatic N) is 6. The van der Waals surface area contributed by atoms with Gasteiger partial charge in [-0.3, -0.25) is 9.58 Å². The quantitative estimate of drug-likeness (QED) is 0.827. The molecule has 1 saturated heterocycles. The summed E-state index contributed by atoms with van der Waals surface area (Å²) in [6.07, 6.45) is 8.09. The SMILES string of the molecule is Cc1cnn(CCN2CCC(O)(Cn3ccnn3)C2)c1. The molecule has 0 saturated carbocycles. The second kappa shape index (κ2) is 5.34. The van der Waals surface area contributed by atoms with Crippen molar-refractivity contribution in [2.45, 2.75) is 32.0 Å². The molecule has 1 unspecified atom stereocenters. The molecule has 3 heterocycles. The molecule has 7 heteroatoms. The van der Waals surface area contributed by atoms with Gasteiger partial charge in [-0.1, -0.05) is 5.21 Å². The van der Waals surface area contributed by atoms with E-state index in [2.05, 4.69) is 20.3 Å². The number of aliphatic hydroxyl groups is 1. The highest BCUT2D eigenvalue weighted by Gasteiger charge is 2.36. The Kier molecular flexibility index (Phi) is 3.54. The van der Waals surface area contributed by atoms with E-state index in [1.807, 2.05) is 24.0 Å². The number of hydrogen-bond acceptors (Lipinski definition) is 5. The molecule has 0 aromatic carbocycles. The Morgan fingerprint density at radius 2 is 2.25 bits per heavy atom. The third kappa shape index (κ3) is 3.05. The molecule has 0 aliphatic carbocycles. The Morgan fingerprint density at radius 3 is 2.95 bits per heavy atom. The van der Waals surface area contributed by atoms with Gasteiger partial charge in [0.25, 0.3) is 0 Å². The lowest BCUT2D eigenvalue weighted by molar-refractivity contribution is 0.0278. The number of aromatic nitrogens is 5. The zero-order valence-corrected chi connectivity index (χ0v) is 11.7. The van der Waals surface area contributed by atoms with E-state index >= 15 is 0 Å². The molecule has 0 spiro atoms. The predicted octanol–water partition coefficient (Wildman–Crippen LogP) is -0.0800. The highest BCUT2D eigenvalue weighted by molar-refractivity contribution is 4.99. The zero-order valence-electron chi connectivity index (χ0n) is 11.7. The van der Waals surface area contributed by atoms with Gasteiger partial charge in [-0.15, -0.1) is 5.10 Å². The molecule has 108 valence electrons. The van der Waals surface area contributed by atoms with Crippen LogP contribution in [0, 0.1) is 6.92 Å². The summed E-state index contributed by atoms with van der Waals surface area (Å²) < 4.78 is 3.64. The molecule has 1 N–H and O–H groups in total. The maximum Gasteiger partial charge on any atom is 0.0981 e. The first-order chi connectivity index (χ1) is 9.63. The van der Waals surface area contributed by atoms with E-state index in [0.717, 1.165) is 26.1 Å². The van der Waals surface area contributed by atoms with Crippen molar-refractivity contribution in [3.63, 3.8) is 0 Å². The first-order valence-corrected chi connectivity index (χ1v) is 6.91. The lowest BCUT2D eigenvalue weighted by Crippen LogP contribution is -2.38. The third-order valence-electron chi connectivity index (χ3n) is 3.75. The van der Waals surface area contributed by atoms with Crippen molar-refractivity contribution in [1.82, 2.24) is 29.7 Å². The molecule has 2 aromatic heterocycles. The fraction of sp³-hybridized carbons (Fsp3) is 0.615. The highest BCUT2D eigenvalue weighted by atomic mass is 16.3. The molecular formula is C13H20N6O. The Bertz CT molecular complexity index is 551. The first kappa shape index (κ1) is 13.3. The standard InChI is InChI=1S/C13H20N6O/c1-12-8-15-18(9-12)7-6-17-4-2-13(20,10-17)11-19-5-3-14-16-19/h3,5,8-9,20H,2,4,6-7,10-11H2,1H3. The Balaban J connectivity index is 1.51. The van der Waals surface area contributed by atoms with Gasteiger partial charge in [-0.05, 0) is 18.9 Å². The lowest BCUT2D eigenvalue weighted by Gasteiger charge is -2.23. The van der Waals surface area contributed by atoms with E-state index in [1.54, 1.807) is 17.1 Å². The lowest BCUT2D eigenvalue weighted by atomic mass is 10.0. The van der Waals surface area contributed by atoms with E-state index in [-0.39, 0.29) is 0 Å². The summed E-state index contributed by atoms with van der Waals surface area (Å²) >= 11 is 0. The van der Waals surface area contributed by atoms with E-state index in [4.69, 9.17) is 0 Å². The van der Waals surface area contributed by atoms with Gasteiger partial charge in [-0.25, -0.2) is 4.68 Å². The van der Waals surface area contributed by atoms with Crippen molar-refractivity contribution in [3.8, 4) is 0 Å². The molecule has 0 radical (unpaired) electrons. The van der Waals surface area contributed by atoms with Crippen LogP contribution < -0.4 is 0 Å². The third-order valence-corrected chi connectivity index (χ3v) is 3.75. The summed E-state index contributed by atoms with van der Waals surface area (Å²) in [6.45, 7) is 5.88. The minimum Gasteiger partial charge on any atom is -0.387 e. The van der Waals surface area contributed by atoms with Crippen LogP contribution in [0.4, 0.5) is 0 Å². The summed E-state index contributed by atoms with van der Waals surface area (Å²) in [5.41, 5.74) is 0.474. The van der Waals surface area contributed by atoms with Crippen LogP contribution in [0.1, 0.15) is 12.0 Å². The molecule has 1 fully saturated rings. The van der Waals surface area contributed by atoms with Crippen LogP contribution in [0.2, 0.25) is 0 Å². The smallest absolute Gasteiger partial charge is 0.0981 e. The maximum atomic E-state index is 10.6. The van der Waals surface area contributed by atoms with Gasteiger partial charge < -0.3 is 5.11 Å². The molecular weight excluding hydrogens is 256 g/mol. The summed E-state index contributed by atoms with van der Waals surface area (Å²) in [7, 11) is 0. The topological polar surface area (TPSA) is 72.0 Å². The average molecular weight is 276 g/mol. The van der Waals surface area contributed by atoms with Crippen LogP contribution in [0.15, 0.2) is 24.8 Å². The number of aryl methyl sites for hydroxylation is 1. The predicted molar refractivity (Wildman–Crippen MR) is 73.0 cm³/mol. The molecule has 20 heavy (non-hydrogen) atoms. The molecule has 0 amide bonds. The molecule has 3 rings (SSSR count). The fourth-order valence-corrected chi connectivity index (χ4v) is 2.71. The molecule has 1 atom stereocenters. The normalized spacial score (nSPS) is 23.5. The van der Waals surface area contributed by atoms with Gasteiger partial charge in [0.05, 0.1) is 31.1 Å². The fourth-order valence-electron chi connectivity index (χ4n) is 2.71. The van der Waals surface area contributed by atoms with Gasteiger partial charge in [0.15, 0.2) is 0 Å². The second-order valence-electron chi connectivity index (χ2n) is 5.63. The summed E-state index contributed by atoms with van der Waals surface area (Å²) in [5.74, 6) is 0. The van der Waals surface area contributed by atoms with Crippen molar-refractivity contribution in [2.24, 2.45) is 0 Å². The van der Waals surface area contributed by atoms with E-state index in [9.17, 15) is 5.11 Å². The minimum absolute atomic E-state index is 0.504. The number of β-amino-alcohol motifs (C(OH)–C–C–N with tert-alkyl or cyclic N) is 1. The second-order valence-corrected chi connectivity index (χ2v) is 5.63. The molecule has 1 aliphatic rings. The van der Waals surface area contributed by atoms with Crippen molar-refractivity contribution in [3.05, 3.63) is 30.4 Å². The maximum absolute atomic E-state index is 10.6. The number of rotatable bonds is 5. The highest BCUT2D eigenvalue weighted by Crippen LogP contribution is 2.22. The van der Waals surface area contributed by atoms with Crippen molar-refractivity contribution >= 4 is 0 Å². The Labute approximate surface area is 117 Å². The Hall–Kier alpha value is -1.73. The summed E-state index contributed by atoms with van der Waals surface area (Å²) in [6, 6.07) is 0. The zero-order chi connectivity index (χ0) is 14.0. The largest absolute Gasteiger partial charge is 0.387 e. The van der Waals surface area contributed by atoms with Crippen LogP contribution >= 0.6 is 0 Å². The van der Waals surface area contributed by atoms with E-state index in [1.165, 1.54) is 5.56 Å². The van der Waals surface area contributed by atoms with Gasteiger partial charge in [-0.2, -0.15) is 5.10 Å². The van der Waals surface area contributed by atoms with Crippen LogP contribution in [0.25, 0.3) is 0 Å². The Morgan fingerprint density at radius 1 is 1.35 bits per heavy atom. The van der Waals surface area contributed by atoms with E-state index in [0.29, 0.717) is 13.1 Å². The van der Waals surface area contributed by atoms with Crippen molar-refractivity contribution in [1.29, 1.82) is 0 Å². The molecule has 7 nitrogen and oxygen atoms in total. The molecule has 0 bridgehead atoms. The van der Waals surface area contributed by atoms with Gasteiger partial charge in [0, 0.05) is 32.0 Å². The van der Waals surface area contributed by atoms with E-state index < -0.39 is 5.60 Å². The van der Waals surface area contributed by atoms with Gasteiger partial charge in [0.2, 0.25) is 0 Å². The molecule has 2 aromatic rings. The van der Waals surface area contributed by atoms with Gasteiger partial charge in [0.1, 0.15) is 0 Å². The van der Waals surface area contributed by atoms with Crippen LogP contribution in [0.5, 0.6) is 0 Å². The van der Waals surface area contributed by atoms with Crippen molar-refractivity contribution in [2.75, 3.05) is 19.6 Å². The number of hydrogen-bond donors (Lipinski definition) is 1. The van der Waals surface area contributed by atoms with Crippen LogP contribution in [0.3, 0.4) is 0 Å². The monoisotopic (exact) mass is 276 g/mol. The number of likely N-dealkylation sites (tertiary alicyclic amines) is 1. The van der Waals surface area contributed by atoms with Crippen LogP contribution in [-0.2, 0) is 13.1 Å². The first-order valence-electron chi connectivity index (χ1n) is 6.91.